The minimum absolute atomic E-state index is 0.257. The number of likely N-dealkylation sites (tertiary alicyclic amines) is 1. The van der Waals surface area contributed by atoms with Gasteiger partial charge in [0.05, 0.1) is 5.92 Å². The van der Waals surface area contributed by atoms with Crippen LogP contribution in [0, 0.1) is 11.3 Å². The first-order valence-electron chi connectivity index (χ1n) is 9.75. The van der Waals surface area contributed by atoms with E-state index in [4.69, 9.17) is 4.74 Å². The molecule has 0 saturated carbocycles. The second kappa shape index (κ2) is 8.32. The lowest BCUT2D eigenvalue weighted by Gasteiger charge is -2.39. The van der Waals surface area contributed by atoms with Gasteiger partial charge in [0.1, 0.15) is 5.60 Å². The Balaban J connectivity index is 1.98. The number of carbonyl (C=O) groups is 2. The SMILES string of the molecule is CC(C)(C)OC(=O)N1CCC(CC(C)(C)C(C(=O)O)c2ccccc2)CC1. The number of carbonyl (C=O) groups excluding carboxylic acids is 1. The van der Waals surface area contributed by atoms with Crippen LogP contribution in [-0.2, 0) is 9.53 Å². The summed E-state index contributed by atoms with van der Waals surface area (Å²) in [7, 11) is 0. The topological polar surface area (TPSA) is 66.8 Å². The molecule has 1 fully saturated rings. The van der Waals surface area contributed by atoms with E-state index in [2.05, 4.69) is 0 Å². The van der Waals surface area contributed by atoms with Gasteiger partial charge in [-0.2, -0.15) is 0 Å². The lowest BCUT2D eigenvalue weighted by atomic mass is 9.68. The van der Waals surface area contributed by atoms with E-state index in [1.807, 2.05) is 65.0 Å². The summed E-state index contributed by atoms with van der Waals surface area (Å²) in [6.07, 6.45) is 2.32. The Kier molecular flexibility index (Phi) is 6.55. The van der Waals surface area contributed by atoms with E-state index in [1.165, 1.54) is 0 Å². The van der Waals surface area contributed by atoms with E-state index in [0.29, 0.717) is 19.0 Å². The third-order valence-corrected chi connectivity index (χ3v) is 5.24. The molecule has 1 atom stereocenters. The van der Waals surface area contributed by atoms with Crippen molar-refractivity contribution < 1.29 is 19.4 Å². The van der Waals surface area contributed by atoms with Crippen molar-refractivity contribution in [2.45, 2.75) is 65.4 Å². The first kappa shape index (κ1) is 21.3. The summed E-state index contributed by atoms with van der Waals surface area (Å²) in [5, 5.41) is 9.85. The largest absolute Gasteiger partial charge is 0.481 e. The second-order valence-corrected chi connectivity index (χ2v) is 9.29. The summed E-state index contributed by atoms with van der Waals surface area (Å²) in [6, 6.07) is 9.47. The van der Waals surface area contributed by atoms with Crippen LogP contribution in [0.15, 0.2) is 30.3 Å². The van der Waals surface area contributed by atoms with Gasteiger partial charge in [-0.05, 0) is 56.9 Å². The predicted molar refractivity (Wildman–Crippen MR) is 106 cm³/mol. The number of hydrogen-bond acceptors (Lipinski definition) is 3. The van der Waals surface area contributed by atoms with Crippen LogP contribution in [0.25, 0.3) is 0 Å². The van der Waals surface area contributed by atoms with Crippen LogP contribution in [0.3, 0.4) is 0 Å². The maximum atomic E-state index is 12.2. The number of carboxylic acids is 1. The minimum atomic E-state index is -0.780. The molecule has 1 aliphatic rings. The van der Waals surface area contributed by atoms with Gasteiger partial charge in [-0.1, -0.05) is 44.2 Å². The molecular weight excluding hydrogens is 342 g/mol. The number of hydrogen-bond donors (Lipinski definition) is 1. The maximum absolute atomic E-state index is 12.2. The molecule has 5 nitrogen and oxygen atoms in total. The molecule has 2 rings (SSSR count). The molecule has 1 N–H and O–H groups in total. The van der Waals surface area contributed by atoms with Gasteiger partial charge < -0.3 is 14.7 Å². The van der Waals surface area contributed by atoms with E-state index < -0.39 is 17.5 Å². The zero-order valence-electron chi connectivity index (χ0n) is 17.2. The third kappa shape index (κ3) is 5.98. The number of piperidine rings is 1. The lowest BCUT2D eigenvalue weighted by molar-refractivity contribution is -0.142. The molecule has 1 saturated heterocycles. The summed E-state index contributed by atoms with van der Waals surface area (Å²) in [5.41, 5.74) is -0.00658. The number of carboxylic acid groups (broad SMARTS) is 1. The molecule has 1 aromatic carbocycles. The highest BCUT2D eigenvalue weighted by atomic mass is 16.6. The molecule has 1 aliphatic heterocycles. The van der Waals surface area contributed by atoms with Crippen LogP contribution in [-0.4, -0.2) is 40.8 Å². The summed E-state index contributed by atoms with van der Waals surface area (Å²) in [6.45, 7) is 11.0. The van der Waals surface area contributed by atoms with Crippen molar-refractivity contribution in [1.82, 2.24) is 4.90 Å². The van der Waals surface area contributed by atoms with Gasteiger partial charge in [-0.3, -0.25) is 4.79 Å². The standard InChI is InChI=1S/C22H33NO4/c1-21(2,3)27-20(26)23-13-11-16(12-14-23)15-22(4,5)18(19(24)25)17-9-7-6-8-10-17/h6-10,16,18H,11-15H2,1-5H3,(H,24,25). The first-order chi connectivity index (χ1) is 12.5. The number of nitrogens with zero attached hydrogens (tertiary/aromatic N) is 1. The Morgan fingerprint density at radius 1 is 1.11 bits per heavy atom. The molecule has 5 heteroatoms. The molecule has 0 aromatic heterocycles. The fourth-order valence-electron chi connectivity index (χ4n) is 4.08. The summed E-state index contributed by atoms with van der Waals surface area (Å²) in [4.78, 5) is 26.0. The summed E-state index contributed by atoms with van der Waals surface area (Å²) >= 11 is 0. The van der Waals surface area contributed by atoms with E-state index >= 15 is 0 Å². The highest BCUT2D eigenvalue weighted by molar-refractivity contribution is 5.77. The number of amides is 1. The molecule has 0 aliphatic carbocycles. The Hall–Kier alpha value is -2.04. The van der Waals surface area contributed by atoms with E-state index in [0.717, 1.165) is 24.8 Å². The Bertz CT molecular complexity index is 640. The first-order valence-corrected chi connectivity index (χ1v) is 9.75. The van der Waals surface area contributed by atoms with Crippen molar-refractivity contribution in [3.8, 4) is 0 Å². The van der Waals surface area contributed by atoms with Gasteiger partial charge >= 0.3 is 12.1 Å². The normalized spacial score (nSPS) is 17.4. The highest BCUT2D eigenvalue weighted by Gasteiger charge is 2.39. The third-order valence-electron chi connectivity index (χ3n) is 5.24. The average molecular weight is 376 g/mol. The second-order valence-electron chi connectivity index (χ2n) is 9.29. The Morgan fingerprint density at radius 3 is 2.15 bits per heavy atom. The average Bonchev–Trinajstić information content (AvgIpc) is 2.53. The predicted octanol–water partition coefficient (Wildman–Crippen LogP) is 4.92. The van der Waals surface area contributed by atoms with Crippen LogP contribution in [0.1, 0.15) is 65.4 Å². The molecule has 0 spiro atoms. The number of ether oxygens (including phenoxy) is 1. The van der Waals surface area contributed by atoms with Gasteiger partial charge in [0.15, 0.2) is 0 Å². The van der Waals surface area contributed by atoms with Crippen molar-refractivity contribution in [2.75, 3.05) is 13.1 Å². The van der Waals surface area contributed by atoms with Gasteiger partial charge in [0.25, 0.3) is 0 Å². The summed E-state index contributed by atoms with van der Waals surface area (Å²) in [5.74, 6) is -0.913. The Labute approximate surface area is 162 Å². The molecule has 1 heterocycles. The van der Waals surface area contributed by atoms with Gasteiger partial charge in [-0.25, -0.2) is 4.79 Å². The number of aliphatic carboxylic acids is 1. The number of benzene rings is 1. The van der Waals surface area contributed by atoms with Crippen molar-refractivity contribution in [2.24, 2.45) is 11.3 Å². The van der Waals surface area contributed by atoms with Crippen molar-refractivity contribution in [3.63, 3.8) is 0 Å². The maximum Gasteiger partial charge on any atom is 0.410 e. The molecule has 27 heavy (non-hydrogen) atoms. The molecule has 0 radical (unpaired) electrons. The van der Waals surface area contributed by atoms with Crippen LogP contribution in [0.4, 0.5) is 4.79 Å². The van der Waals surface area contributed by atoms with Crippen LogP contribution in [0.2, 0.25) is 0 Å². The minimum Gasteiger partial charge on any atom is -0.481 e. The lowest BCUT2D eigenvalue weighted by Crippen LogP contribution is -2.42. The van der Waals surface area contributed by atoms with E-state index in [1.54, 1.807) is 4.90 Å². The monoisotopic (exact) mass is 375 g/mol. The van der Waals surface area contributed by atoms with Gasteiger partial charge in [-0.15, -0.1) is 0 Å². The van der Waals surface area contributed by atoms with Crippen molar-refractivity contribution in [3.05, 3.63) is 35.9 Å². The summed E-state index contributed by atoms with van der Waals surface area (Å²) < 4.78 is 5.45. The van der Waals surface area contributed by atoms with E-state index in [9.17, 15) is 14.7 Å². The van der Waals surface area contributed by atoms with Crippen molar-refractivity contribution in [1.29, 1.82) is 0 Å². The molecule has 1 unspecified atom stereocenters. The van der Waals surface area contributed by atoms with Crippen LogP contribution < -0.4 is 0 Å². The molecule has 150 valence electrons. The smallest absolute Gasteiger partial charge is 0.410 e. The van der Waals surface area contributed by atoms with Crippen molar-refractivity contribution >= 4 is 12.1 Å². The zero-order chi connectivity index (χ0) is 20.2. The molecule has 1 aromatic rings. The van der Waals surface area contributed by atoms with Gasteiger partial charge in [0.2, 0.25) is 0 Å². The van der Waals surface area contributed by atoms with Crippen LogP contribution in [0.5, 0.6) is 0 Å². The van der Waals surface area contributed by atoms with Gasteiger partial charge in [0, 0.05) is 13.1 Å². The highest BCUT2D eigenvalue weighted by Crippen LogP contribution is 2.43. The molecule has 0 bridgehead atoms. The zero-order valence-corrected chi connectivity index (χ0v) is 17.2. The molecular formula is C22H33NO4. The fourth-order valence-corrected chi connectivity index (χ4v) is 4.08. The quantitative estimate of drug-likeness (QED) is 0.793. The van der Waals surface area contributed by atoms with E-state index in [-0.39, 0.29) is 11.5 Å². The van der Waals surface area contributed by atoms with Crippen LogP contribution >= 0.6 is 0 Å². The number of rotatable bonds is 5. The molecule has 1 amide bonds. The fraction of sp³-hybridized carbons (Fsp3) is 0.636. The Morgan fingerprint density at radius 2 is 1.67 bits per heavy atom.